The Morgan fingerprint density at radius 3 is 2.57 bits per heavy atom. The van der Waals surface area contributed by atoms with E-state index >= 15 is 0 Å². The number of H-pyrrole nitrogens is 1. The van der Waals surface area contributed by atoms with Crippen molar-refractivity contribution in [1.29, 1.82) is 0 Å². The summed E-state index contributed by atoms with van der Waals surface area (Å²) in [4.78, 5) is 60.3. The summed E-state index contributed by atoms with van der Waals surface area (Å²) in [6.07, 6.45) is -4.85. The van der Waals surface area contributed by atoms with Crippen molar-refractivity contribution in [1.82, 2.24) is 19.5 Å². The maximum absolute atomic E-state index is 12.0. The number of rotatable bonds is 11. The molecule has 1 aliphatic rings. The second kappa shape index (κ2) is 10.5. The van der Waals surface area contributed by atoms with E-state index in [4.69, 9.17) is 30.5 Å². The summed E-state index contributed by atoms with van der Waals surface area (Å²) in [5.41, 5.74) is 12.7. The monoisotopic (exact) mass is 594 g/mol. The van der Waals surface area contributed by atoms with Gasteiger partial charge in [-0.05, 0) is 5.53 Å². The van der Waals surface area contributed by atoms with Gasteiger partial charge in [-0.15, -0.1) is 0 Å². The second-order valence-corrected chi connectivity index (χ2v) is 11.3. The molecule has 3 heterocycles. The molecule has 0 aromatic carbocycles. The van der Waals surface area contributed by atoms with Crippen LogP contribution in [0.3, 0.4) is 0 Å². The zero-order chi connectivity index (χ0) is 27.8. The quantitative estimate of drug-likeness (QED) is 0.0471. The first-order valence-corrected chi connectivity index (χ1v) is 13.7. The van der Waals surface area contributed by atoms with E-state index in [0.717, 1.165) is 10.9 Å². The van der Waals surface area contributed by atoms with Crippen molar-refractivity contribution in [2.75, 3.05) is 19.1 Å². The van der Waals surface area contributed by atoms with Crippen LogP contribution < -0.4 is 11.3 Å². The van der Waals surface area contributed by atoms with E-state index in [0.29, 0.717) is 0 Å². The Balaban J connectivity index is 1.88. The summed E-state index contributed by atoms with van der Waals surface area (Å²) in [5.74, 6) is -3.24. The summed E-state index contributed by atoms with van der Waals surface area (Å²) in [6, 6.07) is 0. The van der Waals surface area contributed by atoms with Crippen LogP contribution in [-0.4, -0.2) is 80.6 Å². The van der Waals surface area contributed by atoms with E-state index in [9.17, 15) is 38.5 Å². The highest BCUT2D eigenvalue weighted by atomic mass is 31.3. The number of aromatic nitrogens is 4. The van der Waals surface area contributed by atoms with Gasteiger partial charge in [0.2, 0.25) is 11.7 Å². The van der Waals surface area contributed by atoms with Gasteiger partial charge in [-0.3, -0.25) is 18.9 Å². The fraction of sp³-hybridized carbons (Fsp3) is 0.545. The van der Waals surface area contributed by atoms with Crippen LogP contribution in [0.5, 0.6) is 0 Å². The summed E-state index contributed by atoms with van der Waals surface area (Å²) in [5, 5.41) is 24.7. The maximum atomic E-state index is 12.0. The number of ether oxygens (including phenoxy) is 2. The number of aliphatic hydroxyl groups excluding tert-OH is 1. The first-order chi connectivity index (χ1) is 17.0. The number of azide groups is 1. The summed E-state index contributed by atoms with van der Waals surface area (Å²) in [7, 11) is -17.2. The van der Waals surface area contributed by atoms with E-state index in [1.54, 1.807) is 0 Å². The molecule has 0 aliphatic carbocycles. The van der Waals surface area contributed by atoms with Crippen LogP contribution in [0.4, 0.5) is 5.95 Å². The molecule has 3 rings (SSSR count). The highest BCUT2D eigenvalue weighted by Gasteiger charge is 2.58. The summed E-state index contributed by atoms with van der Waals surface area (Å²) < 4.78 is 57.2. The lowest BCUT2D eigenvalue weighted by molar-refractivity contribution is -0.264. The van der Waals surface area contributed by atoms with Gasteiger partial charge in [0.15, 0.2) is 23.5 Å². The average Bonchev–Trinajstić information content (AvgIpc) is 3.24. The molecule has 0 radical (unpaired) electrons. The normalized spacial score (nSPS) is 27.5. The number of nitrogens with zero attached hydrogens (tertiary/aromatic N) is 6. The van der Waals surface area contributed by atoms with Crippen LogP contribution in [0, 0.1) is 0 Å². The number of anilines is 1. The van der Waals surface area contributed by atoms with Gasteiger partial charge < -0.3 is 45.0 Å². The Bertz CT molecular complexity index is 1420. The van der Waals surface area contributed by atoms with Crippen LogP contribution in [0.15, 0.2) is 16.2 Å². The molecular weight excluding hydrogens is 577 g/mol. The van der Waals surface area contributed by atoms with Gasteiger partial charge in [0.1, 0.15) is 12.8 Å². The van der Waals surface area contributed by atoms with Crippen LogP contribution in [0.25, 0.3) is 21.6 Å². The van der Waals surface area contributed by atoms with Gasteiger partial charge in [-0.1, -0.05) is 5.11 Å². The minimum Gasteiger partial charge on any atom is -0.383 e. The number of aromatic amines is 1. The predicted octanol–water partition coefficient (Wildman–Crippen LogP) is -1.72. The molecule has 2 aromatic rings. The number of hydrogen-bond donors (Lipinski definition) is 8. The molecular formula is C11H17N8O15P3. The second-order valence-electron chi connectivity index (χ2n) is 6.88. The third kappa shape index (κ3) is 6.78. The van der Waals surface area contributed by atoms with E-state index in [1.165, 1.54) is 0 Å². The zero-order valence-electron chi connectivity index (χ0n) is 17.7. The van der Waals surface area contributed by atoms with Gasteiger partial charge in [-0.2, -0.15) is 13.6 Å². The molecule has 206 valence electrons. The summed E-state index contributed by atoms with van der Waals surface area (Å²) in [6.45, 7) is -2.19. The third-order valence-electron chi connectivity index (χ3n) is 4.41. The number of phosphoric acid groups is 3. The lowest BCUT2D eigenvalue weighted by atomic mass is 10.1. The first-order valence-electron chi connectivity index (χ1n) is 9.19. The molecule has 26 heteroatoms. The number of hydrogen-bond acceptors (Lipinski definition) is 15. The molecule has 2 aromatic heterocycles. The van der Waals surface area contributed by atoms with Gasteiger partial charge in [0.05, 0.1) is 12.9 Å². The zero-order valence-corrected chi connectivity index (χ0v) is 20.4. The predicted molar refractivity (Wildman–Crippen MR) is 112 cm³/mol. The Hall–Kier alpha value is -2.29. The van der Waals surface area contributed by atoms with E-state index < -0.39 is 66.6 Å². The Labute approximate surface area is 202 Å². The lowest BCUT2D eigenvalue weighted by Crippen LogP contribution is -2.51. The average molecular weight is 594 g/mol. The smallest absolute Gasteiger partial charge is 0.383 e. The Morgan fingerprint density at radius 2 is 1.95 bits per heavy atom. The molecule has 1 aliphatic heterocycles. The van der Waals surface area contributed by atoms with Crippen molar-refractivity contribution in [2.24, 2.45) is 5.11 Å². The number of nitrogen functional groups attached to an aromatic ring is 1. The van der Waals surface area contributed by atoms with Gasteiger partial charge in [-0.25, -0.2) is 18.7 Å². The van der Waals surface area contributed by atoms with Gasteiger partial charge in [0, 0.05) is 4.91 Å². The molecule has 37 heavy (non-hydrogen) atoms. The van der Waals surface area contributed by atoms with Crippen LogP contribution in [0.1, 0.15) is 6.23 Å². The molecule has 1 fully saturated rings. The lowest BCUT2D eigenvalue weighted by Gasteiger charge is -2.30. The molecule has 0 saturated carbocycles. The summed E-state index contributed by atoms with van der Waals surface area (Å²) >= 11 is 0. The minimum absolute atomic E-state index is 0.240. The number of aliphatic hydroxyl groups is 2. The topological polar surface area (TPSA) is 357 Å². The van der Waals surface area contributed by atoms with Crippen molar-refractivity contribution in [3.63, 3.8) is 0 Å². The fourth-order valence-electron chi connectivity index (χ4n) is 3.04. The van der Waals surface area contributed by atoms with Crippen LogP contribution >= 0.6 is 23.5 Å². The van der Waals surface area contributed by atoms with E-state index in [-0.39, 0.29) is 17.1 Å². The van der Waals surface area contributed by atoms with Crippen molar-refractivity contribution < 1.29 is 66.1 Å². The molecule has 1 saturated heterocycles. The molecule has 6 atom stereocenters. The molecule has 0 spiro atoms. The van der Waals surface area contributed by atoms with Crippen molar-refractivity contribution >= 4 is 40.6 Å². The first kappa shape index (κ1) is 29.3. The van der Waals surface area contributed by atoms with E-state index in [2.05, 4.69) is 38.1 Å². The number of nitrogens with one attached hydrogen (secondary N) is 1. The minimum atomic E-state index is -5.86. The third-order valence-corrected chi connectivity index (χ3v) is 8.21. The number of fused-ring (bicyclic) bond motifs is 1. The highest BCUT2D eigenvalue weighted by molar-refractivity contribution is 7.66. The fourth-order valence-corrected chi connectivity index (χ4v) is 6.06. The Kier molecular flexibility index (Phi) is 8.28. The van der Waals surface area contributed by atoms with Crippen molar-refractivity contribution in [2.45, 2.75) is 24.2 Å². The molecule has 23 nitrogen and oxygen atoms in total. The van der Waals surface area contributed by atoms with Gasteiger partial charge >= 0.3 is 23.5 Å². The van der Waals surface area contributed by atoms with Gasteiger partial charge in [0.25, 0.3) is 5.56 Å². The highest BCUT2D eigenvalue weighted by Crippen LogP contribution is 2.66. The largest absolute Gasteiger partial charge is 0.490 e. The Morgan fingerprint density at radius 1 is 1.27 bits per heavy atom. The van der Waals surface area contributed by atoms with Crippen molar-refractivity contribution in [3.05, 3.63) is 27.1 Å². The van der Waals surface area contributed by atoms with Crippen LogP contribution in [-0.2, 0) is 36.3 Å². The maximum Gasteiger partial charge on any atom is 0.490 e. The molecule has 0 bridgehead atoms. The SMILES string of the molecule is [N-]=[N+]=NCO[C@@]1(O)[C@@H](COP(=O)(O)OP(=O)(O)OP(=O)(O)O)O[C@@H](n2cnc3c(=O)[nH]c(N)nc32)[C@@H]1O. The number of nitrogens with two attached hydrogens (primary N) is 1. The molecule has 2 unspecified atom stereocenters. The molecule has 9 N–H and O–H groups in total. The number of imidazole rings is 1. The van der Waals surface area contributed by atoms with E-state index in [1.807, 2.05) is 0 Å². The number of phosphoric ester groups is 1. The van der Waals surface area contributed by atoms with Crippen molar-refractivity contribution in [3.8, 4) is 0 Å². The standard InChI is InChI=1S/C11H17N8O15P3/c12-10-16-7-5(8(21)17-10)14-2-19(7)9-6(20)11(22,30-3-15-18-13)4(32-9)1-31-36(26,27)34-37(28,29)33-35(23,24)25/h2,4,6,9,20,22H,1,3H2,(H,26,27)(H,28,29)(H2,23,24,25)(H3,12,16,17,21)/t4-,6+,9-,11+/m1/s1. The molecule has 0 amide bonds. The van der Waals surface area contributed by atoms with Crippen LogP contribution in [0.2, 0.25) is 0 Å².